The van der Waals surface area contributed by atoms with Crippen molar-refractivity contribution in [1.29, 1.82) is 0 Å². The van der Waals surface area contributed by atoms with Crippen LogP contribution < -0.4 is 15.1 Å². The predicted octanol–water partition coefficient (Wildman–Crippen LogP) is 2.69. The van der Waals surface area contributed by atoms with Gasteiger partial charge in [-0.1, -0.05) is 0 Å². The number of hydrogen-bond acceptors (Lipinski definition) is 7. The molecule has 0 aliphatic carbocycles. The van der Waals surface area contributed by atoms with Gasteiger partial charge in [0.2, 0.25) is 5.95 Å². The van der Waals surface area contributed by atoms with Gasteiger partial charge in [0.15, 0.2) is 11.6 Å². The third kappa shape index (κ3) is 4.89. The summed E-state index contributed by atoms with van der Waals surface area (Å²) in [5.74, 6) is 0.951. The summed E-state index contributed by atoms with van der Waals surface area (Å²) in [5, 5.41) is 4.11. The maximum atomic E-state index is 13.9. The fraction of sp³-hybridized carbons (Fsp3) is 0.389. The molecule has 26 heavy (non-hydrogen) atoms. The van der Waals surface area contributed by atoms with E-state index in [1.165, 1.54) is 6.20 Å². The van der Waals surface area contributed by atoms with Gasteiger partial charge in [0.05, 0.1) is 19.0 Å². The maximum Gasteiger partial charge on any atom is 0.245 e. The number of nitrogens with one attached hydrogen (secondary N) is 1. The van der Waals surface area contributed by atoms with Crippen LogP contribution in [0.3, 0.4) is 0 Å². The normalized spacial score (nSPS) is 14.2. The van der Waals surface area contributed by atoms with Gasteiger partial charge in [0, 0.05) is 20.2 Å². The minimum Gasteiger partial charge on any atom is -0.491 e. The zero-order valence-electron chi connectivity index (χ0n) is 14.7. The molecule has 1 aliphatic rings. The Morgan fingerprint density at radius 2 is 2.00 bits per heavy atom. The number of methoxy groups -OCH3 is 1. The van der Waals surface area contributed by atoms with Crippen LogP contribution in [0.1, 0.15) is 18.4 Å². The lowest BCUT2D eigenvalue weighted by Gasteiger charge is -2.16. The number of ether oxygens (including phenoxy) is 2. The first-order valence-corrected chi connectivity index (χ1v) is 8.54. The van der Waals surface area contributed by atoms with Gasteiger partial charge in [0.1, 0.15) is 12.4 Å². The van der Waals surface area contributed by atoms with Crippen LogP contribution in [0.4, 0.5) is 16.2 Å². The van der Waals surface area contributed by atoms with Crippen molar-refractivity contribution in [3.05, 3.63) is 41.8 Å². The van der Waals surface area contributed by atoms with Gasteiger partial charge in [-0.05, 0) is 42.7 Å². The molecule has 0 unspecified atom stereocenters. The highest BCUT2D eigenvalue weighted by atomic mass is 19.1. The van der Waals surface area contributed by atoms with Crippen molar-refractivity contribution >= 4 is 18.0 Å². The molecule has 1 aliphatic heterocycles. The first-order valence-electron chi connectivity index (χ1n) is 8.54. The van der Waals surface area contributed by atoms with Crippen molar-refractivity contribution in [3.8, 4) is 5.75 Å². The van der Waals surface area contributed by atoms with Crippen molar-refractivity contribution in [2.24, 2.45) is 5.10 Å². The molecule has 2 aromatic rings. The second-order valence-corrected chi connectivity index (χ2v) is 5.84. The molecule has 138 valence electrons. The molecule has 0 atom stereocenters. The Balaban J connectivity index is 1.57. The van der Waals surface area contributed by atoms with E-state index in [1.807, 2.05) is 29.2 Å². The largest absolute Gasteiger partial charge is 0.491 e. The SMILES string of the molecule is COCCOc1ccc(/C=N/Nc2ncc(F)c(N3CCCC3)n2)cc1. The lowest BCUT2D eigenvalue weighted by Crippen LogP contribution is -2.21. The first kappa shape index (κ1) is 18.1. The number of aromatic nitrogens is 2. The average Bonchev–Trinajstić information content (AvgIpc) is 3.19. The molecule has 0 bridgehead atoms. The Morgan fingerprint density at radius 3 is 2.73 bits per heavy atom. The third-order valence-electron chi connectivity index (χ3n) is 3.95. The van der Waals surface area contributed by atoms with E-state index in [9.17, 15) is 4.39 Å². The predicted molar refractivity (Wildman–Crippen MR) is 98.5 cm³/mol. The Bertz CT molecular complexity index is 733. The number of hydrogen-bond donors (Lipinski definition) is 1. The Labute approximate surface area is 151 Å². The van der Waals surface area contributed by atoms with E-state index in [0.29, 0.717) is 19.0 Å². The van der Waals surface area contributed by atoms with E-state index in [4.69, 9.17) is 9.47 Å². The monoisotopic (exact) mass is 359 g/mol. The van der Waals surface area contributed by atoms with Crippen LogP contribution in [0.15, 0.2) is 35.6 Å². The molecule has 0 amide bonds. The number of rotatable bonds is 8. The maximum absolute atomic E-state index is 13.9. The van der Waals surface area contributed by atoms with E-state index in [2.05, 4.69) is 20.5 Å². The third-order valence-corrected chi connectivity index (χ3v) is 3.95. The number of hydrazone groups is 1. The van der Waals surface area contributed by atoms with E-state index < -0.39 is 5.82 Å². The van der Waals surface area contributed by atoms with Crippen molar-refractivity contribution < 1.29 is 13.9 Å². The van der Waals surface area contributed by atoms with Crippen LogP contribution >= 0.6 is 0 Å². The van der Waals surface area contributed by atoms with Gasteiger partial charge in [-0.25, -0.2) is 14.8 Å². The van der Waals surface area contributed by atoms with Gasteiger partial charge in [-0.15, -0.1) is 0 Å². The second kappa shape index (κ2) is 9.10. The quantitative estimate of drug-likeness (QED) is 0.444. The van der Waals surface area contributed by atoms with Crippen molar-refractivity contribution in [2.45, 2.75) is 12.8 Å². The molecule has 1 saturated heterocycles. The molecule has 7 nitrogen and oxygen atoms in total. The summed E-state index contributed by atoms with van der Waals surface area (Å²) in [4.78, 5) is 10.1. The smallest absolute Gasteiger partial charge is 0.245 e. The summed E-state index contributed by atoms with van der Waals surface area (Å²) in [6, 6.07) is 7.48. The van der Waals surface area contributed by atoms with Crippen LogP contribution in [0.5, 0.6) is 5.75 Å². The molecule has 0 saturated carbocycles. The molecule has 1 N–H and O–H groups in total. The van der Waals surface area contributed by atoms with Crippen LogP contribution in [0.2, 0.25) is 0 Å². The van der Waals surface area contributed by atoms with Crippen molar-refractivity contribution in [2.75, 3.05) is 43.7 Å². The van der Waals surface area contributed by atoms with E-state index >= 15 is 0 Å². The molecule has 1 aromatic heterocycles. The van der Waals surface area contributed by atoms with Gasteiger partial charge < -0.3 is 14.4 Å². The number of halogens is 1. The molecule has 8 heteroatoms. The van der Waals surface area contributed by atoms with Gasteiger partial charge in [-0.3, -0.25) is 0 Å². The van der Waals surface area contributed by atoms with Crippen LogP contribution in [-0.4, -0.2) is 49.6 Å². The highest BCUT2D eigenvalue weighted by Gasteiger charge is 2.18. The van der Waals surface area contributed by atoms with E-state index in [1.54, 1.807) is 13.3 Å². The summed E-state index contributed by atoms with van der Waals surface area (Å²) >= 11 is 0. The molecule has 3 rings (SSSR count). The zero-order chi connectivity index (χ0) is 18.2. The van der Waals surface area contributed by atoms with Crippen LogP contribution in [0.25, 0.3) is 0 Å². The fourth-order valence-corrected chi connectivity index (χ4v) is 2.62. The van der Waals surface area contributed by atoms with E-state index in [0.717, 1.165) is 37.2 Å². The first-order chi connectivity index (χ1) is 12.8. The lowest BCUT2D eigenvalue weighted by molar-refractivity contribution is 0.146. The molecule has 0 radical (unpaired) electrons. The van der Waals surface area contributed by atoms with Crippen LogP contribution in [0, 0.1) is 5.82 Å². The summed E-state index contributed by atoms with van der Waals surface area (Å²) in [7, 11) is 1.63. The molecule has 1 fully saturated rings. The standard InChI is InChI=1S/C18H22FN5O2/c1-25-10-11-26-15-6-4-14(5-7-15)12-21-23-18-20-13-16(19)17(22-18)24-8-2-3-9-24/h4-7,12-13H,2-3,8-11H2,1H3,(H,20,22,23)/b21-12+. The number of anilines is 2. The minimum absolute atomic E-state index is 0.268. The fourth-order valence-electron chi connectivity index (χ4n) is 2.62. The summed E-state index contributed by atoms with van der Waals surface area (Å²) in [6.07, 6.45) is 4.91. The Morgan fingerprint density at radius 1 is 1.23 bits per heavy atom. The Kier molecular flexibility index (Phi) is 6.32. The molecular weight excluding hydrogens is 337 g/mol. The van der Waals surface area contributed by atoms with Crippen molar-refractivity contribution in [3.63, 3.8) is 0 Å². The molecule has 1 aromatic carbocycles. The van der Waals surface area contributed by atoms with Gasteiger partial charge in [0.25, 0.3) is 0 Å². The number of nitrogens with zero attached hydrogens (tertiary/aromatic N) is 4. The van der Waals surface area contributed by atoms with Crippen LogP contribution in [-0.2, 0) is 4.74 Å². The average molecular weight is 359 g/mol. The van der Waals surface area contributed by atoms with Gasteiger partial charge in [-0.2, -0.15) is 10.1 Å². The molecule has 2 heterocycles. The molecular formula is C18H22FN5O2. The number of benzene rings is 1. The van der Waals surface area contributed by atoms with E-state index in [-0.39, 0.29) is 5.95 Å². The summed E-state index contributed by atoms with van der Waals surface area (Å²) in [6.45, 7) is 2.68. The second-order valence-electron chi connectivity index (χ2n) is 5.84. The highest BCUT2D eigenvalue weighted by Crippen LogP contribution is 2.21. The summed E-state index contributed by atoms with van der Waals surface area (Å²) in [5.41, 5.74) is 3.63. The highest BCUT2D eigenvalue weighted by molar-refractivity contribution is 5.80. The zero-order valence-corrected chi connectivity index (χ0v) is 14.7. The molecule has 0 spiro atoms. The topological polar surface area (TPSA) is 71.9 Å². The van der Waals surface area contributed by atoms with Gasteiger partial charge >= 0.3 is 0 Å². The summed E-state index contributed by atoms with van der Waals surface area (Å²) < 4.78 is 24.3. The Hall–Kier alpha value is -2.74. The minimum atomic E-state index is -0.412. The van der Waals surface area contributed by atoms with Crippen molar-refractivity contribution in [1.82, 2.24) is 9.97 Å². The lowest BCUT2D eigenvalue weighted by atomic mass is 10.2.